The van der Waals surface area contributed by atoms with Gasteiger partial charge in [0, 0.05) is 6.20 Å². The van der Waals surface area contributed by atoms with Crippen LogP contribution < -0.4 is 9.44 Å². The van der Waals surface area contributed by atoms with E-state index in [2.05, 4.69) is 4.98 Å². The zero-order chi connectivity index (χ0) is 14.0. The van der Waals surface area contributed by atoms with Gasteiger partial charge in [-0.2, -0.15) is 0 Å². The van der Waals surface area contributed by atoms with Gasteiger partial charge in [0.2, 0.25) is 10.0 Å². The molecule has 0 spiro atoms. The van der Waals surface area contributed by atoms with Crippen molar-refractivity contribution < 1.29 is 21.6 Å². The van der Waals surface area contributed by atoms with Crippen molar-refractivity contribution in [3.8, 4) is 0 Å². The number of pyridine rings is 1. The highest BCUT2D eigenvalue weighted by Crippen LogP contribution is 2.19. The summed E-state index contributed by atoms with van der Waals surface area (Å²) < 4.78 is 50.4. The van der Waals surface area contributed by atoms with Crippen LogP contribution in [0.4, 0.5) is 0 Å². The molecule has 8 nitrogen and oxygen atoms in total. The smallest absolute Gasteiger partial charge is 0.258 e. The fraction of sp³-hybridized carbons (Fsp3) is 0.250. The van der Waals surface area contributed by atoms with Gasteiger partial charge in [-0.15, -0.1) is 0 Å². The van der Waals surface area contributed by atoms with Gasteiger partial charge < -0.3 is 0 Å². The molecule has 0 aliphatic carbocycles. The fourth-order valence-corrected chi connectivity index (χ4v) is 3.00. The largest absolute Gasteiger partial charge is 0.298 e. The Labute approximate surface area is 105 Å². The van der Waals surface area contributed by atoms with E-state index in [9.17, 15) is 21.6 Å². The molecule has 1 rings (SSSR count). The van der Waals surface area contributed by atoms with Crippen LogP contribution in [0.2, 0.25) is 0 Å². The second-order valence-electron chi connectivity index (χ2n) is 3.06. The zero-order valence-corrected chi connectivity index (χ0v) is 11.2. The van der Waals surface area contributed by atoms with Gasteiger partial charge in [-0.25, -0.2) is 31.3 Å². The van der Waals surface area contributed by atoms with Crippen molar-refractivity contribution in [1.82, 2.24) is 14.4 Å². The highest BCUT2D eigenvalue weighted by Gasteiger charge is 2.25. The van der Waals surface area contributed by atoms with Crippen molar-refractivity contribution in [3.05, 3.63) is 17.8 Å². The summed E-state index contributed by atoms with van der Waals surface area (Å²) in [6, 6.07) is 1.05. The molecule has 0 fully saturated rings. The molecule has 0 aliphatic heterocycles. The first-order valence-corrected chi connectivity index (χ1v) is 7.58. The molecule has 1 aromatic rings. The molecule has 0 saturated heterocycles. The maximum Gasteiger partial charge on any atom is 0.258 e. The number of hydrogen-bond acceptors (Lipinski definition) is 6. The average Bonchev–Trinajstić information content (AvgIpc) is 2.37. The number of rotatable bonds is 5. The molecule has 0 unspecified atom stereocenters. The van der Waals surface area contributed by atoms with Crippen molar-refractivity contribution in [1.29, 1.82) is 0 Å². The number of aldehydes is 1. The molecule has 1 aromatic heterocycles. The summed E-state index contributed by atoms with van der Waals surface area (Å²) >= 11 is 0. The van der Waals surface area contributed by atoms with E-state index >= 15 is 0 Å². The molecule has 0 aromatic carbocycles. The number of hydrogen-bond donors (Lipinski definition) is 2. The Morgan fingerprint density at radius 1 is 1.11 bits per heavy atom. The van der Waals surface area contributed by atoms with Gasteiger partial charge in [0.1, 0.15) is 0 Å². The lowest BCUT2D eigenvalue weighted by atomic mass is 10.3. The lowest BCUT2D eigenvalue weighted by Gasteiger charge is -2.09. The van der Waals surface area contributed by atoms with E-state index in [-0.39, 0.29) is 6.29 Å². The number of carbonyl (C=O) groups excluding carboxylic acids is 1. The molecule has 1 heterocycles. The Morgan fingerprint density at radius 2 is 1.67 bits per heavy atom. The minimum Gasteiger partial charge on any atom is -0.298 e. The lowest BCUT2D eigenvalue weighted by molar-refractivity contribution is 0.111. The Hall–Kier alpha value is -1.36. The normalized spacial score (nSPS) is 12.3. The molecule has 2 N–H and O–H groups in total. The Bertz CT molecular complexity index is 614. The molecule has 0 saturated carbocycles. The standard InChI is InChI=1S/C8H11N3O5S2/c1-9-17(13,14)7-3-4-11-8(6(7)5-12)18(15,16)10-2/h3-5,9-10H,1-2H3. The van der Waals surface area contributed by atoms with Crippen molar-refractivity contribution in [2.24, 2.45) is 0 Å². The molecular formula is C8H11N3O5S2. The monoisotopic (exact) mass is 293 g/mol. The van der Waals surface area contributed by atoms with Crippen molar-refractivity contribution in [2.45, 2.75) is 9.92 Å². The SMILES string of the molecule is CNS(=O)(=O)c1ccnc(S(=O)(=O)NC)c1C=O. The number of sulfonamides is 2. The molecular weight excluding hydrogens is 282 g/mol. The summed E-state index contributed by atoms with van der Waals surface area (Å²) in [5.74, 6) is 0. The topological polar surface area (TPSA) is 122 Å². The van der Waals surface area contributed by atoms with Crippen LogP contribution in [0, 0.1) is 0 Å². The van der Waals surface area contributed by atoms with Crippen LogP contribution in [0.5, 0.6) is 0 Å². The number of carbonyl (C=O) groups is 1. The summed E-state index contributed by atoms with van der Waals surface area (Å²) in [5.41, 5.74) is -0.513. The zero-order valence-electron chi connectivity index (χ0n) is 9.54. The third-order valence-electron chi connectivity index (χ3n) is 2.11. The van der Waals surface area contributed by atoms with Gasteiger partial charge >= 0.3 is 0 Å². The van der Waals surface area contributed by atoms with Crippen molar-refractivity contribution >= 4 is 26.3 Å². The van der Waals surface area contributed by atoms with Crippen molar-refractivity contribution in [2.75, 3.05) is 14.1 Å². The Kier molecular flexibility index (Phi) is 4.16. The van der Waals surface area contributed by atoms with Gasteiger partial charge in [0.25, 0.3) is 10.0 Å². The number of aromatic nitrogens is 1. The quantitative estimate of drug-likeness (QED) is 0.651. The lowest BCUT2D eigenvalue weighted by Crippen LogP contribution is -2.25. The summed E-state index contributed by atoms with van der Waals surface area (Å²) in [5, 5.41) is -0.628. The van der Waals surface area contributed by atoms with E-state index in [1.54, 1.807) is 0 Å². The van der Waals surface area contributed by atoms with Crippen LogP contribution in [0.1, 0.15) is 10.4 Å². The van der Waals surface area contributed by atoms with Crippen LogP contribution in [-0.2, 0) is 20.0 Å². The van der Waals surface area contributed by atoms with E-state index in [1.165, 1.54) is 0 Å². The molecule has 0 atom stereocenters. The Balaban J connectivity index is 3.72. The van der Waals surface area contributed by atoms with Gasteiger partial charge in [-0.05, 0) is 20.2 Å². The van der Waals surface area contributed by atoms with E-state index < -0.39 is 35.5 Å². The molecule has 10 heteroatoms. The summed E-state index contributed by atoms with van der Waals surface area (Å²) in [7, 11) is -5.68. The van der Waals surface area contributed by atoms with Gasteiger partial charge in [-0.1, -0.05) is 0 Å². The van der Waals surface area contributed by atoms with E-state index in [0.29, 0.717) is 0 Å². The van der Waals surface area contributed by atoms with Gasteiger partial charge in [0.05, 0.1) is 10.5 Å². The van der Waals surface area contributed by atoms with Crippen molar-refractivity contribution in [3.63, 3.8) is 0 Å². The van der Waals surface area contributed by atoms with Gasteiger partial charge in [-0.3, -0.25) is 4.79 Å². The predicted octanol–water partition coefficient (Wildman–Crippen LogP) is -1.29. The third-order valence-corrected chi connectivity index (χ3v) is 4.96. The first-order valence-electron chi connectivity index (χ1n) is 4.61. The minimum atomic E-state index is -4.02. The minimum absolute atomic E-state index is 0.140. The Morgan fingerprint density at radius 3 is 2.11 bits per heavy atom. The van der Waals surface area contributed by atoms with Crippen LogP contribution in [-0.4, -0.2) is 42.2 Å². The molecule has 0 bridgehead atoms. The first-order chi connectivity index (χ1) is 8.30. The highest BCUT2D eigenvalue weighted by atomic mass is 32.2. The predicted molar refractivity (Wildman–Crippen MR) is 62.1 cm³/mol. The van der Waals surface area contributed by atoms with Crippen LogP contribution in [0.3, 0.4) is 0 Å². The maximum absolute atomic E-state index is 11.6. The average molecular weight is 293 g/mol. The summed E-state index contributed by atoms with van der Waals surface area (Å²) in [6.45, 7) is 0. The second-order valence-corrected chi connectivity index (χ2v) is 6.72. The van der Waals surface area contributed by atoms with Gasteiger partial charge in [0.15, 0.2) is 11.3 Å². The van der Waals surface area contributed by atoms with E-state index in [4.69, 9.17) is 0 Å². The van der Waals surface area contributed by atoms with Crippen LogP contribution >= 0.6 is 0 Å². The molecule has 100 valence electrons. The summed E-state index contributed by atoms with van der Waals surface area (Å²) in [4.78, 5) is 14.0. The molecule has 0 amide bonds. The maximum atomic E-state index is 11.6. The molecule has 0 aliphatic rings. The highest BCUT2D eigenvalue weighted by molar-refractivity contribution is 7.90. The third kappa shape index (κ3) is 2.56. The van der Waals surface area contributed by atoms with Crippen LogP contribution in [0.15, 0.2) is 22.2 Å². The fourth-order valence-electron chi connectivity index (χ4n) is 1.20. The first kappa shape index (κ1) is 14.7. The molecule has 18 heavy (non-hydrogen) atoms. The van der Waals surface area contributed by atoms with Crippen LogP contribution in [0.25, 0.3) is 0 Å². The number of nitrogens with zero attached hydrogens (tertiary/aromatic N) is 1. The number of nitrogens with one attached hydrogen (secondary N) is 2. The molecule has 0 radical (unpaired) electrons. The summed E-state index contributed by atoms with van der Waals surface area (Å²) in [6.07, 6.45) is 1.14. The van der Waals surface area contributed by atoms with E-state index in [1.807, 2.05) is 9.44 Å². The van der Waals surface area contributed by atoms with E-state index in [0.717, 1.165) is 26.4 Å². The second kappa shape index (κ2) is 5.10.